The van der Waals surface area contributed by atoms with Gasteiger partial charge in [-0.25, -0.2) is 4.68 Å². The van der Waals surface area contributed by atoms with Crippen molar-refractivity contribution in [3.05, 3.63) is 52.3 Å². The molecule has 0 radical (unpaired) electrons. The van der Waals surface area contributed by atoms with Gasteiger partial charge in [0.05, 0.1) is 29.4 Å². The molecule has 3 unspecified atom stereocenters. The first-order valence-electron chi connectivity index (χ1n) is 12.2. The minimum Gasteiger partial charge on any atom is -0.383 e. The summed E-state index contributed by atoms with van der Waals surface area (Å²) in [6.07, 6.45) is -0.808. The Hall–Kier alpha value is -3.98. The SMILES string of the molecule is CC#CC(=O)N1CC2C3C(n4nc(-c5cnn(Cc6cccc(C(F)(F)F)c6Cl)c5)c(C(N)=O)c4N)C[C@]23C1. The highest BCUT2D eigenvalue weighted by Crippen LogP contribution is 2.79. The molecule has 1 aromatic carbocycles. The Kier molecular flexibility index (Phi) is 5.52. The van der Waals surface area contributed by atoms with Gasteiger partial charge in [-0.3, -0.25) is 14.3 Å². The normalized spacial score (nSPS) is 24.8. The van der Waals surface area contributed by atoms with Crippen molar-refractivity contribution in [2.45, 2.75) is 32.1 Å². The van der Waals surface area contributed by atoms with E-state index in [0.29, 0.717) is 24.6 Å². The van der Waals surface area contributed by atoms with Crippen molar-refractivity contribution in [3.63, 3.8) is 0 Å². The second-order valence-electron chi connectivity index (χ2n) is 10.3. The van der Waals surface area contributed by atoms with Gasteiger partial charge in [0.15, 0.2) is 0 Å². The van der Waals surface area contributed by atoms with E-state index in [1.807, 2.05) is 0 Å². The third-order valence-corrected chi connectivity index (χ3v) is 8.73. The highest BCUT2D eigenvalue weighted by atomic mass is 35.5. The molecule has 4 N–H and O–H groups in total. The molecule has 2 aliphatic carbocycles. The molecule has 4 atom stereocenters. The number of aromatic nitrogens is 4. The number of nitrogens with zero attached hydrogens (tertiary/aromatic N) is 5. The fourth-order valence-corrected chi connectivity index (χ4v) is 6.83. The molecular formula is C26H23ClF3N7O2. The van der Waals surface area contributed by atoms with E-state index in [1.165, 1.54) is 23.0 Å². The van der Waals surface area contributed by atoms with Crippen LogP contribution in [0.2, 0.25) is 5.02 Å². The van der Waals surface area contributed by atoms with Gasteiger partial charge in [0, 0.05) is 30.3 Å². The zero-order valence-corrected chi connectivity index (χ0v) is 21.4. The average molecular weight is 558 g/mol. The third kappa shape index (κ3) is 3.78. The van der Waals surface area contributed by atoms with Crippen LogP contribution in [0.3, 0.4) is 0 Å². The molecular weight excluding hydrogens is 535 g/mol. The maximum atomic E-state index is 13.2. The Bertz CT molecular complexity index is 1600. The predicted molar refractivity (Wildman–Crippen MR) is 135 cm³/mol. The van der Waals surface area contributed by atoms with Crippen molar-refractivity contribution in [2.24, 2.45) is 23.0 Å². The molecule has 3 aromatic rings. The highest BCUT2D eigenvalue weighted by Gasteiger charge is 2.79. The molecule has 9 nitrogen and oxygen atoms in total. The fourth-order valence-electron chi connectivity index (χ4n) is 6.54. The van der Waals surface area contributed by atoms with Crippen LogP contribution in [-0.4, -0.2) is 49.4 Å². The first-order valence-corrected chi connectivity index (χ1v) is 12.6. The number of carbonyl (C=O) groups is 2. The number of piperidine rings is 1. The molecule has 2 amide bonds. The minimum absolute atomic E-state index is 0.0304. The molecule has 3 fully saturated rings. The first kappa shape index (κ1) is 25.3. The van der Waals surface area contributed by atoms with E-state index in [0.717, 1.165) is 12.5 Å². The van der Waals surface area contributed by atoms with Gasteiger partial charge in [-0.1, -0.05) is 29.7 Å². The molecule has 39 heavy (non-hydrogen) atoms. The number of nitrogen functional groups attached to an aromatic ring is 1. The number of nitrogens with two attached hydrogens (primary N) is 2. The lowest BCUT2D eigenvalue weighted by molar-refractivity contribution is -0.137. The summed E-state index contributed by atoms with van der Waals surface area (Å²) in [6.45, 7) is 2.88. The quantitative estimate of drug-likeness (QED) is 0.466. The first-order chi connectivity index (χ1) is 18.5. The standard InChI is InChI=1S/C26H23ClF3N7O2/c1-2-4-18(38)35-11-16-20-17(7-25(16,20)12-35)37-23(31)19(24(32)39)22(34-37)14-8-33-36(10-14)9-13-5-3-6-15(21(13)27)26(28,29)30/h3,5-6,8,10,16-17,20H,7,9,11-12,31H2,1H3,(H2,32,39)/t16?,17?,20?,25-/m0/s1. The van der Waals surface area contributed by atoms with Crippen LogP contribution in [-0.2, 0) is 17.5 Å². The van der Waals surface area contributed by atoms with E-state index < -0.39 is 22.7 Å². The van der Waals surface area contributed by atoms with Crippen molar-refractivity contribution < 1.29 is 22.8 Å². The second-order valence-corrected chi connectivity index (χ2v) is 10.7. The van der Waals surface area contributed by atoms with Gasteiger partial charge in [0.2, 0.25) is 0 Å². The molecule has 3 aliphatic rings. The highest BCUT2D eigenvalue weighted by molar-refractivity contribution is 6.32. The average Bonchev–Trinajstić information content (AvgIpc) is 3.35. The molecule has 1 saturated heterocycles. The maximum absolute atomic E-state index is 13.2. The Balaban J connectivity index is 1.24. The van der Waals surface area contributed by atoms with Gasteiger partial charge in [-0.2, -0.15) is 23.4 Å². The van der Waals surface area contributed by atoms with Crippen LogP contribution in [0.4, 0.5) is 19.0 Å². The minimum atomic E-state index is -4.58. The van der Waals surface area contributed by atoms with Crippen molar-refractivity contribution >= 4 is 29.2 Å². The Morgan fingerprint density at radius 1 is 1.31 bits per heavy atom. The summed E-state index contributed by atoms with van der Waals surface area (Å²) in [5.41, 5.74) is 12.1. The lowest BCUT2D eigenvalue weighted by Crippen LogP contribution is -2.40. The molecule has 6 rings (SSSR count). The number of amides is 2. The van der Waals surface area contributed by atoms with Gasteiger partial charge < -0.3 is 16.4 Å². The number of anilines is 1. The number of likely N-dealkylation sites (tertiary alicyclic amines) is 1. The molecule has 1 aliphatic heterocycles. The van der Waals surface area contributed by atoms with Crippen LogP contribution in [0.25, 0.3) is 11.3 Å². The molecule has 1 spiro atoms. The molecule has 202 valence electrons. The lowest BCUT2D eigenvalue weighted by Gasteiger charge is -2.37. The van der Waals surface area contributed by atoms with E-state index in [2.05, 4.69) is 22.0 Å². The van der Waals surface area contributed by atoms with Gasteiger partial charge in [0.25, 0.3) is 11.8 Å². The van der Waals surface area contributed by atoms with E-state index >= 15 is 0 Å². The van der Waals surface area contributed by atoms with Crippen LogP contribution in [0.5, 0.6) is 0 Å². The van der Waals surface area contributed by atoms with Gasteiger partial charge in [0.1, 0.15) is 17.1 Å². The van der Waals surface area contributed by atoms with Crippen LogP contribution in [0.15, 0.2) is 30.6 Å². The van der Waals surface area contributed by atoms with Gasteiger partial charge in [-0.15, -0.1) is 0 Å². The number of hydrogen-bond donors (Lipinski definition) is 2. The summed E-state index contributed by atoms with van der Waals surface area (Å²) in [7, 11) is 0. The number of primary amides is 1. The molecule has 3 heterocycles. The van der Waals surface area contributed by atoms with E-state index in [4.69, 9.17) is 23.1 Å². The summed E-state index contributed by atoms with van der Waals surface area (Å²) >= 11 is 6.03. The van der Waals surface area contributed by atoms with Crippen molar-refractivity contribution in [1.29, 1.82) is 0 Å². The molecule has 2 saturated carbocycles. The van der Waals surface area contributed by atoms with Gasteiger partial charge >= 0.3 is 6.18 Å². The van der Waals surface area contributed by atoms with Crippen molar-refractivity contribution in [1.82, 2.24) is 24.5 Å². The van der Waals surface area contributed by atoms with E-state index in [9.17, 15) is 22.8 Å². The maximum Gasteiger partial charge on any atom is 0.417 e. The van der Waals surface area contributed by atoms with E-state index in [-0.39, 0.29) is 52.5 Å². The summed E-state index contributed by atoms with van der Waals surface area (Å²) < 4.78 is 42.8. The largest absolute Gasteiger partial charge is 0.417 e. The second kappa shape index (κ2) is 8.51. The number of carbonyl (C=O) groups excluding carboxylic acids is 2. The molecule has 0 bridgehead atoms. The number of hydrogen-bond acceptors (Lipinski definition) is 5. The lowest BCUT2D eigenvalue weighted by atomic mass is 9.80. The van der Waals surface area contributed by atoms with Crippen LogP contribution in [0, 0.1) is 29.1 Å². The summed E-state index contributed by atoms with van der Waals surface area (Å²) in [6, 6.07) is 3.66. The zero-order chi connectivity index (χ0) is 27.9. The smallest absolute Gasteiger partial charge is 0.383 e. The molecule has 2 aromatic heterocycles. The number of halogens is 4. The number of alkyl halides is 3. The Morgan fingerprint density at radius 3 is 2.74 bits per heavy atom. The number of rotatable bonds is 5. The molecule has 13 heteroatoms. The zero-order valence-electron chi connectivity index (χ0n) is 20.7. The van der Waals surface area contributed by atoms with Gasteiger partial charge in [-0.05, 0) is 42.7 Å². The van der Waals surface area contributed by atoms with Crippen molar-refractivity contribution in [2.75, 3.05) is 18.8 Å². The summed E-state index contributed by atoms with van der Waals surface area (Å²) in [5, 5.41) is 8.49. The van der Waals surface area contributed by atoms with Crippen LogP contribution in [0.1, 0.15) is 40.9 Å². The monoisotopic (exact) mass is 557 g/mol. The van der Waals surface area contributed by atoms with Crippen LogP contribution < -0.4 is 11.5 Å². The fraction of sp³-hybridized carbons (Fsp3) is 0.385. The summed E-state index contributed by atoms with van der Waals surface area (Å²) in [5.74, 6) is 5.09. The topological polar surface area (TPSA) is 125 Å². The van der Waals surface area contributed by atoms with Crippen LogP contribution >= 0.6 is 11.6 Å². The summed E-state index contributed by atoms with van der Waals surface area (Å²) in [4.78, 5) is 26.3. The third-order valence-electron chi connectivity index (χ3n) is 8.28. The Morgan fingerprint density at radius 2 is 2.08 bits per heavy atom. The van der Waals surface area contributed by atoms with E-state index in [1.54, 1.807) is 22.7 Å². The van der Waals surface area contributed by atoms with Crippen molar-refractivity contribution in [3.8, 4) is 23.1 Å². The number of fused-ring (bicyclic) bond motifs is 1. The predicted octanol–water partition coefficient (Wildman–Crippen LogP) is 3.19. The Labute approximate surface area is 225 Å². The number of benzene rings is 1.